The van der Waals surface area contributed by atoms with Crippen molar-refractivity contribution in [2.75, 3.05) is 0 Å². The zero-order valence-corrected chi connectivity index (χ0v) is 37.6. The normalized spacial score (nSPS) is 14.8. The molecule has 0 radical (unpaired) electrons. The molecule has 10 rings (SSSR count). The Kier molecular flexibility index (Phi) is 13.1. The SMILES string of the molecule is Fc1ccc(-c2ccc(CCc3cc(CCc4ccc(-c5ccc(F)cc5F)nc4)cc(-c4ccccc4-c4cnc(-c5ccccc5)cc4C4CCC(c5ccccc5)CC4)c3)cn2)c(F)c1. The first kappa shape index (κ1) is 44.3. The van der Waals surface area contributed by atoms with E-state index in [2.05, 4.69) is 119 Å². The Labute approximate surface area is 395 Å². The van der Waals surface area contributed by atoms with E-state index < -0.39 is 23.3 Å². The number of aromatic nitrogens is 3. The second kappa shape index (κ2) is 20.2. The molecule has 0 spiro atoms. The van der Waals surface area contributed by atoms with Crippen molar-refractivity contribution < 1.29 is 17.6 Å². The lowest BCUT2D eigenvalue weighted by Gasteiger charge is -2.31. The van der Waals surface area contributed by atoms with E-state index in [0.717, 1.165) is 95.3 Å². The average Bonchev–Trinajstić information content (AvgIpc) is 3.38. The Morgan fingerprint density at radius 3 is 1.40 bits per heavy atom. The van der Waals surface area contributed by atoms with Gasteiger partial charge in [0, 0.05) is 53.0 Å². The van der Waals surface area contributed by atoms with Gasteiger partial charge in [0.15, 0.2) is 0 Å². The summed E-state index contributed by atoms with van der Waals surface area (Å²) in [5.74, 6) is -1.61. The molecule has 7 heteroatoms. The molecule has 1 aliphatic carbocycles. The average molecular weight is 900 g/mol. The van der Waals surface area contributed by atoms with E-state index in [0.29, 0.717) is 36.1 Å². The maximum Gasteiger partial charge on any atom is 0.135 e. The Balaban J connectivity index is 0.980. The molecule has 0 N–H and O–H groups in total. The van der Waals surface area contributed by atoms with Gasteiger partial charge in [0.05, 0.1) is 17.1 Å². The highest BCUT2D eigenvalue weighted by Crippen LogP contribution is 2.46. The molecule has 336 valence electrons. The van der Waals surface area contributed by atoms with Gasteiger partial charge in [0.25, 0.3) is 0 Å². The van der Waals surface area contributed by atoms with Crippen molar-refractivity contribution in [3.05, 3.63) is 245 Å². The van der Waals surface area contributed by atoms with Gasteiger partial charge in [-0.1, -0.05) is 115 Å². The Bertz CT molecular complexity index is 3050. The number of hydrogen-bond acceptors (Lipinski definition) is 3. The van der Waals surface area contributed by atoms with Crippen LogP contribution in [0.1, 0.15) is 70.9 Å². The highest BCUT2D eigenvalue weighted by molar-refractivity contribution is 5.86. The maximum absolute atomic E-state index is 14.6. The van der Waals surface area contributed by atoms with Crippen LogP contribution < -0.4 is 0 Å². The molecule has 0 bridgehead atoms. The zero-order chi connectivity index (χ0) is 46.4. The van der Waals surface area contributed by atoms with E-state index in [1.165, 1.54) is 46.5 Å². The first-order valence-corrected chi connectivity index (χ1v) is 23.4. The second-order valence-electron chi connectivity index (χ2n) is 17.9. The van der Waals surface area contributed by atoms with Crippen LogP contribution in [0, 0.1) is 23.3 Å². The summed E-state index contributed by atoms with van der Waals surface area (Å²) >= 11 is 0. The maximum atomic E-state index is 14.6. The topological polar surface area (TPSA) is 38.7 Å². The van der Waals surface area contributed by atoms with Crippen molar-refractivity contribution in [3.63, 3.8) is 0 Å². The quantitative estimate of drug-likeness (QED) is 0.108. The number of hydrogen-bond donors (Lipinski definition) is 0. The third-order valence-corrected chi connectivity index (χ3v) is 13.5. The second-order valence-corrected chi connectivity index (χ2v) is 17.9. The molecule has 1 fully saturated rings. The molecular weight excluding hydrogens is 851 g/mol. The number of rotatable bonds is 13. The predicted molar refractivity (Wildman–Crippen MR) is 265 cm³/mol. The minimum atomic E-state index is -0.645. The lowest BCUT2D eigenvalue weighted by molar-refractivity contribution is 0.397. The van der Waals surface area contributed by atoms with E-state index in [9.17, 15) is 17.6 Å². The van der Waals surface area contributed by atoms with Crippen LogP contribution in [0.25, 0.3) is 56.0 Å². The van der Waals surface area contributed by atoms with Gasteiger partial charge in [-0.3, -0.25) is 15.0 Å². The number of pyridine rings is 3. The lowest BCUT2D eigenvalue weighted by Crippen LogP contribution is -2.13. The molecule has 0 amide bonds. The summed E-state index contributed by atoms with van der Waals surface area (Å²) in [6.45, 7) is 0. The van der Waals surface area contributed by atoms with E-state index >= 15 is 0 Å². The van der Waals surface area contributed by atoms with Gasteiger partial charge in [-0.05, 0) is 156 Å². The summed E-state index contributed by atoms with van der Waals surface area (Å²) in [4.78, 5) is 14.2. The van der Waals surface area contributed by atoms with Gasteiger partial charge in [-0.15, -0.1) is 0 Å². The largest absolute Gasteiger partial charge is 0.256 e. The molecular formula is C61H49F4N3. The monoisotopic (exact) mass is 899 g/mol. The van der Waals surface area contributed by atoms with Crippen LogP contribution in [0.3, 0.4) is 0 Å². The van der Waals surface area contributed by atoms with Crippen molar-refractivity contribution in [2.45, 2.75) is 63.2 Å². The van der Waals surface area contributed by atoms with Crippen LogP contribution >= 0.6 is 0 Å². The number of halogens is 4. The smallest absolute Gasteiger partial charge is 0.135 e. The van der Waals surface area contributed by atoms with Crippen LogP contribution in [0.5, 0.6) is 0 Å². The van der Waals surface area contributed by atoms with Gasteiger partial charge >= 0.3 is 0 Å². The predicted octanol–water partition coefficient (Wildman–Crippen LogP) is 15.8. The van der Waals surface area contributed by atoms with Gasteiger partial charge in [0.2, 0.25) is 0 Å². The van der Waals surface area contributed by atoms with Gasteiger partial charge in [-0.25, -0.2) is 17.6 Å². The summed E-state index contributed by atoms with van der Waals surface area (Å²) in [7, 11) is 0. The van der Waals surface area contributed by atoms with Crippen LogP contribution in [-0.2, 0) is 25.7 Å². The van der Waals surface area contributed by atoms with Crippen LogP contribution in [-0.4, -0.2) is 15.0 Å². The molecule has 0 unspecified atom stereocenters. The Morgan fingerprint density at radius 1 is 0.353 bits per heavy atom. The highest BCUT2D eigenvalue weighted by atomic mass is 19.1. The highest BCUT2D eigenvalue weighted by Gasteiger charge is 2.27. The molecule has 1 aliphatic rings. The van der Waals surface area contributed by atoms with E-state index in [-0.39, 0.29) is 11.1 Å². The summed E-state index contributed by atoms with van der Waals surface area (Å²) < 4.78 is 56.5. The number of nitrogens with zero attached hydrogens (tertiary/aromatic N) is 3. The van der Waals surface area contributed by atoms with E-state index in [1.54, 1.807) is 24.5 Å². The molecule has 0 atom stereocenters. The third kappa shape index (κ3) is 10.1. The number of benzene rings is 6. The van der Waals surface area contributed by atoms with Crippen molar-refractivity contribution in [3.8, 4) is 56.0 Å². The molecule has 3 heterocycles. The minimum absolute atomic E-state index is 0.259. The Morgan fingerprint density at radius 2 is 0.853 bits per heavy atom. The van der Waals surface area contributed by atoms with E-state index in [1.807, 2.05) is 18.2 Å². The van der Waals surface area contributed by atoms with Gasteiger partial charge in [-0.2, -0.15) is 0 Å². The Hall–Kier alpha value is -7.51. The molecule has 1 saturated carbocycles. The molecule has 68 heavy (non-hydrogen) atoms. The van der Waals surface area contributed by atoms with Crippen LogP contribution in [0.15, 0.2) is 188 Å². The van der Waals surface area contributed by atoms with Crippen LogP contribution in [0.2, 0.25) is 0 Å². The molecule has 9 aromatic rings. The summed E-state index contributed by atoms with van der Waals surface area (Å²) in [5.41, 5.74) is 15.1. The lowest BCUT2D eigenvalue weighted by atomic mass is 9.74. The molecule has 0 saturated heterocycles. The summed E-state index contributed by atoms with van der Waals surface area (Å²) in [6.07, 6.45) is 13.0. The first-order chi connectivity index (χ1) is 33.3. The fourth-order valence-corrected chi connectivity index (χ4v) is 9.88. The fraction of sp³-hybridized carbons (Fsp3) is 0.164. The van der Waals surface area contributed by atoms with E-state index in [4.69, 9.17) is 4.98 Å². The standard InChI is InChI=1S/C61H49F4N3/c62-49-25-27-53(57(64)34-49)59-29-19-40(37-66-59)15-17-42-31-43(18-16-41-20-30-60(67-38-41)54-28-26-50(63)35-58(54)65)33-48(32-42)51-13-7-8-14-52(51)56-39-68-61(47-11-5-2-6-12-47)36-55(56)46-23-21-45(22-24-46)44-9-3-1-4-10-44/h1-14,19-20,25-39,45-46H,15-18,21-24H2. The van der Waals surface area contributed by atoms with Crippen molar-refractivity contribution in [2.24, 2.45) is 0 Å². The number of aryl methyl sites for hydroxylation is 4. The van der Waals surface area contributed by atoms with Gasteiger partial charge in [0.1, 0.15) is 23.3 Å². The zero-order valence-electron chi connectivity index (χ0n) is 37.6. The summed E-state index contributed by atoms with van der Waals surface area (Å²) in [6, 6.07) is 53.8. The van der Waals surface area contributed by atoms with Crippen molar-refractivity contribution in [1.29, 1.82) is 0 Å². The molecule has 3 aromatic heterocycles. The van der Waals surface area contributed by atoms with Crippen molar-refractivity contribution >= 4 is 0 Å². The molecule has 3 nitrogen and oxygen atoms in total. The van der Waals surface area contributed by atoms with Crippen LogP contribution in [0.4, 0.5) is 17.6 Å². The summed E-state index contributed by atoms with van der Waals surface area (Å²) in [5, 5.41) is 0. The fourth-order valence-electron chi connectivity index (χ4n) is 9.88. The molecule has 0 aliphatic heterocycles. The molecule has 6 aromatic carbocycles. The third-order valence-electron chi connectivity index (χ3n) is 13.5. The first-order valence-electron chi connectivity index (χ1n) is 23.4. The van der Waals surface area contributed by atoms with Crippen molar-refractivity contribution in [1.82, 2.24) is 15.0 Å². The minimum Gasteiger partial charge on any atom is -0.256 e. The van der Waals surface area contributed by atoms with Gasteiger partial charge < -0.3 is 0 Å².